The number of hydrogen-bond acceptors (Lipinski definition) is 3. The molecule has 0 unspecified atom stereocenters. The molecule has 1 aliphatic rings. The second-order valence-corrected chi connectivity index (χ2v) is 2.96. The van der Waals surface area contributed by atoms with Gasteiger partial charge in [0.15, 0.2) is 5.82 Å². The highest BCUT2D eigenvalue weighted by atomic mass is 15.2. The molecule has 0 aliphatic carbocycles. The number of hydrogen-bond donors (Lipinski definition) is 2. The lowest BCUT2D eigenvalue weighted by molar-refractivity contribution is 0.843. The van der Waals surface area contributed by atoms with Crippen LogP contribution >= 0.6 is 0 Å². The molecule has 3 N–H and O–H groups in total. The van der Waals surface area contributed by atoms with E-state index in [0.29, 0.717) is 0 Å². The summed E-state index contributed by atoms with van der Waals surface area (Å²) >= 11 is 0. The van der Waals surface area contributed by atoms with E-state index in [4.69, 9.17) is 5.73 Å². The highest BCUT2D eigenvalue weighted by molar-refractivity contribution is 5.73. The lowest BCUT2D eigenvalue weighted by Gasteiger charge is -2.12. The van der Waals surface area contributed by atoms with Crippen LogP contribution in [0.1, 0.15) is 11.5 Å². The first-order valence-electron chi connectivity index (χ1n) is 3.93. The summed E-state index contributed by atoms with van der Waals surface area (Å²) in [5.74, 6) is 1.88. The van der Waals surface area contributed by atoms with E-state index in [1.807, 2.05) is 24.6 Å². The minimum Gasteiger partial charge on any atom is -0.397 e. The molecule has 12 heavy (non-hydrogen) atoms. The molecule has 0 bridgehead atoms. The van der Waals surface area contributed by atoms with Crippen molar-refractivity contribution in [3.05, 3.63) is 17.6 Å². The first-order valence-corrected chi connectivity index (χ1v) is 3.93. The summed E-state index contributed by atoms with van der Waals surface area (Å²) in [4.78, 5) is 4.33. The van der Waals surface area contributed by atoms with Crippen LogP contribution in [0.4, 0.5) is 5.82 Å². The topological polar surface area (TPSA) is 55.9 Å². The summed E-state index contributed by atoms with van der Waals surface area (Å²) in [5, 5.41) is 3.17. The zero-order valence-electron chi connectivity index (χ0n) is 7.26. The number of nitrogens with two attached hydrogens (primary N) is 1. The largest absolute Gasteiger partial charge is 0.397 e. The summed E-state index contributed by atoms with van der Waals surface area (Å²) < 4.78 is 1.99. The number of aromatic nitrogens is 2. The highest BCUT2D eigenvalue weighted by Crippen LogP contribution is 2.23. The zero-order valence-corrected chi connectivity index (χ0v) is 7.26. The molecule has 1 aliphatic heterocycles. The van der Waals surface area contributed by atoms with Crippen molar-refractivity contribution in [2.75, 3.05) is 11.9 Å². The maximum atomic E-state index is 5.82. The monoisotopic (exact) mass is 164 g/mol. The van der Waals surface area contributed by atoms with Crippen LogP contribution in [0.25, 0.3) is 5.70 Å². The van der Waals surface area contributed by atoms with Gasteiger partial charge < -0.3 is 15.6 Å². The standard InChI is InChI=1S/C8H12N4/c1-5-11-8-7(12(5)2)6(9)3-4-10-8/h3,10H,4,9H2,1-2H3. The number of nitrogens with one attached hydrogen (secondary N) is 1. The van der Waals surface area contributed by atoms with Crippen molar-refractivity contribution in [1.82, 2.24) is 9.55 Å². The summed E-state index contributed by atoms with van der Waals surface area (Å²) in [6.07, 6.45) is 1.96. The van der Waals surface area contributed by atoms with E-state index in [-0.39, 0.29) is 0 Å². The first kappa shape index (κ1) is 7.21. The van der Waals surface area contributed by atoms with E-state index in [2.05, 4.69) is 10.3 Å². The quantitative estimate of drug-likeness (QED) is 0.585. The van der Waals surface area contributed by atoms with Gasteiger partial charge in [0, 0.05) is 13.6 Å². The molecule has 0 aromatic carbocycles. The van der Waals surface area contributed by atoms with E-state index < -0.39 is 0 Å². The number of imidazole rings is 1. The van der Waals surface area contributed by atoms with Gasteiger partial charge in [0.05, 0.1) is 5.70 Å². The molecule has 0 radical (unpaired) electrons. The van der Waals surface area contributed by atoms with E-state index in [9.17, 15) is 0 Å². The second kappa shape index (κ2) is 2.27. The molecule has 4 heteroatoms. The van der Waals surface area contributed by atoms with Gasteiger partial charge in [0.1, 0.15) is 11.5 Å². The molecular formula is C8H12N4. The number of anilines is 1. The zero-order chi connectivity index (χ0) is 8.72. The van der Waals surface area contributed by atoms with Crippen LogP contribution in [-0.4, -0.2) is 16.1 Å². The van der Waals surface area contributed by atoms with Crippen molar-refractivity contribution < 1.29 is 0 Å². The maximum absolute atomic E-state index is 5.82. The van der Waals surface area contributed by atoms with Gasteiger partial charge in [-0.15, -0.1) is 0 Å². The summed E-state index contributed by atoms with van der Waals surface area (Å²) in [6.45, 7) is 2.74. The average Bonchev–Trinajstić information content (AvgIpc) is 2.29. The van der Waals surface area contributed by atoms with Crippen LogP contribution in [0.2, 0.25) is 0 Å². The van der Waals surface area contributed by atoms with Crippen molar-refractivity contribution in [2.45, 2.75) is 6.92 Å². The molecule has 0 saturated heterocycles. The number of fused-ring (bicyclic) bond motifs is 1. The summed E-state index contributed by atoms with van der Waals surface area (Å²) in [5.41, 5.74) is 7.63. The Kier molecular flexibility index (Phi) is 1.36. The Morgan fingerprint density at radius 3 is 3.08 bits per heavy atom. The Bertz CT molecular complexity index is 348. The number of nitrogens with zero attached hydrogens (tertiary/aromatic N) is 2. The van der Waals surface area contributed by atoms with Crippen molar-refractivity contribution in [2.24, 2.45) is 12.8 Å². The first-order chi connectivity index (χ1) is 5.70. The van der Waals surface area contributed by atoms with E-state index >= 15 is 0 Å². The summed E-state index contributed by atoms with van der Waals surface area (Å²) in [7, 11) is 1.97. The fourth-order valence-corrected chi connectivity index (χ4v) is 1.42. The van der Waals surface area contributed by atoms with Gasteiger partial charge in [-0.1, -0.05) is 0 Å². The van der Waals surface area contributed by atoms with Crippen molar-refractivity contribution in [3.63, 3.8) is 0 Å². The van der Waals surface area contributed by atoms with Gasteiger partial charge in [-0.3, -0.25) is 0 Å². The van der Waals surface area contributed by atoms with Crippen LogP contribution in [0.5, 0.6) is 0 Å². The predicted octanol–water partition coefficient (Wildman–Crippen LogP) is 0.454. The van der Waals surface area contributed by atoms with E-state index in [0.717, 1.165) is 29.6 Å². The lowest BCUT2D eigenvalue weighted by Crippen LogP contribution is -2.14. The normalized spacial score (nSPS) is 15.0. The van der Waals surface area contributed by atoms with E-state index in [1.165, 1.54) is 0 Å². The van der Waals surface area contributed by atoms with Crippen molar-refractivity contribution in [1.29, 1.82) is 0 Å². The lowest BCUT2D eigenvalue weighted by atomic mass is 10.2. The SMILES string of the molecule is Cc1nc2c(n1C)C(N)=CCN2. The Labute approximate surface area is 71.1 Å². The molecule has 1 aromatic heterocycles. The highest BCUT2D eigenvalue weighted by Gasteiger charge is 2.16. The summed E-state index contributed by atoms with van der Waals surface area (Å²) in [6, 6.07) is 0. The minimum absolute atomic E-state index is 0.773. The Morgan fingerprint density at radius 1 is 1.67 bits per heavy atom. The van der Waals surface area contributed by atoms with Crippen LogP contribution in [0, 0.1) is 6.92 Å². The fourth-order valence-electron chi connectivity index (χ4n) is 1.42. The smallest absolute Gasteiger partial charge is 0.154 e. The molecule has 0 amide bonds. The molecule has 0 fully saturated rings. The Balaban J connectivity index is 2.65. The molecule has 64 valence electrons. The maximum Gasteiger partial charge on any atom is 0.154 e. The van der Waals surface area contributed by atoms with Crippen LogP contribution in [0.3, 0.4) is 0 Å². The number of aryl methyl sites for hydroxylation is 1. The third-order valence-corrected chi connectivity index (χ3v) is 2.18. The average molecular weight is 164 g/mol. The molecule has 2 rings (SSSR count). The molecule has 0 atom stereocenters. The molecule has 2 heterocycles. The minimum atomic E-state index is 0.773. The molecule has 4 nitrogen and oxygen atoms in total. The molecular weight excluding hydrogens is 152 g/mol. The van der Waals surface area contributed by atoms with Gasteiger partial charge in [-0.2, -0.15) is 0 Å². The predicted molar refractivity (Wildman–Crippen MR) is 48.6 cm³/mol. The van der Waals surface area contributed by atoms with Gasteiger partial charge >= 0.3 is 0 Å². The molecule has 0 spiro atoms. The van der Waals surface area contributed by atoms with Crippen LogP contribution in [-0.2, 0) is 7.05 Å². The molecule has 0 saturated carbocycles. The fraction of sp³-hybridized carbons (Fsp3) is 0.375. The van der Waals surface area contributed by atoms with Gasteiger partial charge in [0.25, 0.3) is 0 Å². The second-order valence-electron chi connectivity index (χ2n) is 2.96. The van der Waals surface area contributed by atoms with Gasteiger partial charge in [-0.25, -0.2) is 4.98 Å². The van der Waals surface area contributed by atoms with Crippen molar-refractivity contribution in [3.8, 4) is 0 Å². The Hall–Kier alpha value is -1.45. The Morgan fingerprint density at radius 2 is 2.42 bits per heavy atom. The third-order valence-electron chi connectivity index (χ3n) is 2.18. The van der Waals surface area contributed by atoms with Crippen LogP contribution < -0.4 is 11.1 Å². The molecule has 1 aromatic rings. The van der Waals surface area contributed by atoms with Gasteiger partial charge in [0.2, 0.25) is 0 Å². The van der Waals surface area contributed by atoms with Crippen LogP contribution in [0.15, 0.2) is 6.08 Å². The third kappa shape index (κ3) is 0.809. The number of rotatable bonds is 0. The van der Waals surface area contributed by atoms with Crippen molar-refractivity contribution >= 4 is 11.5 Å². The van der Waals surface area contributed by atoms with Gasteiger partial charge in [-0.05, 0) is 13.0 Å². The van der Waals surface area contributed by atoms with E-state index in [1.54, 1.807) is 0 Å².